The zero-order chi connectivity index (χ0) is 16.5. The Hall–Kier alpha value is -0.950. The Bertz CT molecular complexity index is 387. The first-order valence-corrected chi connectivity index (χ1v) is 9.77. The number of hydrogen-bond acceptors (Lipinski definition) is 4. The minimum atomic E-state index is -0.145. The van der Waals surface area contributed by atoms with Gasteiger partial charge in [0.2, 0.25) is 5.91 Å². The van der Waals surface area contributed by atoms with Crippen LogP contribution in [-0.2, 0) is 9.53 Å². The largest absolute Gasteiger partial charge is 0.378 e. The van der Waals surface area contributed by atoms with Crippen molar-refractivity contribution in [2.75, 3.05) is 38.6 Å². The van der Waals surface area contributed by atoms with Crippen molar-refractivity contribution in [2.45, 2.75) is 50.3 Å². The summed E-state index contributed by atoms with van der Waals surface area (Å²) >= 11 is 1.93. The molecule has 0 bridgehead atoms. The van der Waals surface area contributed by atoms with Crippen molar-refractivity contribution in [3.05, 3.63) is 0 Å². The van der Waals surface area contributed by atoms with Crippen LogP contribution in [-0.4, -0.2) is 66.7 Å². The molecule has 1 aliphatic carbocycles. The van der Waals surface area contributed by atoms with E-state index in [4.69, 9.17) is 4.74 Å². The van der Waals surface area contributed by atoms with Gasteiger partial charge < -0.3 is 20.3 Å². The molecule has 0 unspecified atom stereocenters. The van der Waals surface area contributed by atoms with Gasteiger partial charge in [-0.1, -0.05) is 19.8 Å². The number of rotatable bonds is 6. The van der Waals surface area contributed by atoms with Gasteiger partial charge in [-0.25, -0.2) is 4.79 Å². The van der Waals surface area contributed by atoms with Crippen LogP contribution in [0.1, 0.15) is 39.0 Å². The summed E-state index contributed by atoms with van der Waals surface area (Å²) in [5.74, 6) is 1.17. The number of morpholine rings is 1. The van der Waals surface area contributed by atoms with Gasteiger partial charge in [0.25, 0.3) is 0 Å². The van der Waals surface area contributed by atoms with Crippen LogP contribution in [0.3, 0.4) is 0 Å². The average Bonchev–Trinajstić information content (AvgIpc) is 2.57. The molecule has 132 valence electrons. The molecule has 1 aliphatic heterocycles. The van der Waals surface area contributed by atoms with E-state index in [-0.39, 0.29) is 18.0 Å². The highest BCUT2D eigenvalue weighted by atomic mass is 32.2. The van der Waals surface area contributed by atoms with E-state index in [1.54, 1.807) is 4.90 Å². The van der Waals surface area contributed by atoms with Crippen molar-refractivity contribution >= 4 is 23.7 Å². The number of urea groups is 1. The molecule has 0 radical (unpaired) electrons. The third kappa shape index (κ3) is 6.22. The van der Waals surface area contributed by atoms with Crippen LogP contribution in [0.25, 0.3) is 0 Å². The lowest BCUT2D eigenvalue weighted by Gasteiger charge is -2.31. The molecule has 0 spiro atoms. The summed E-state index contributed by atoms with van der Waals surface area (Å²) in [5.41, 5.74) is 0. The molecule has 2 aliphatic rings. The van der Waals surface area contributed by atoms with Crippen LogP contribution in [0, 0.1) is 0 Å². The predicted molar refractivity (Wildman–Crippen MR) is 92.7 cm³/mol. The molecule has 0 aromatic heterocycles. The lowest BCUT2D eigenvalue weighted by atomic mass is 9.95. The van der Waals surface area contributed by atoms with Crippen molar-refractivity contribution in [2.24, 2.45) is 0 Å². The SMILES string of the molecule is CCS[C@@H]1CCCC[C@@H]1NC(=O)NCCC(=O)N1CCOCC1. The van der Waals surface area contributed by atoms with Crippen LogP contribution < -0.4 is 10.6 Å². The van der Waals surface area contributed by atoms with E-state index in [2.05, 4.69) is 17.6 Å². The van der Waals surface area contributed by atoms with Crippen molar-refractivity contribution in [1.82, 2.24) is 15.5 Å². The second-order valence-corrected chi connectivity index (χ2v) is 7.54. The predicted octanol–water partition coefficient (Wildman–Crippen LogP) is 1.60. The Morgan fingerprint density at radius 3 is 2.70 bits per heavy atom. The third-order valence-corrected chi connectivity index (χ3v) is 5.71. The first-order chi connectivity index (χ1) is 11.2. The van der Waals surface area contributed by atoms with E-state index in [1.165, 1.54) is 19.3 Å². The molecule has 0 aromatic rings. The van der Waals surface area contributed by atoms with Crippen LogP contribution in [0.2, 0.25) is 0 Å². The molecular formula is C16H29N3O3S. The average molecular weight is 343 g/mol. The van der Waals surface area contributed by atoms with Gasteiger partial charge in [-0.15, -0.1) is 0 Å². The lowest BCUT2D eigenvalue weighted by Crippen LogP contribution is -2.49. The van der Waals surface area contributed by atoms with Gasteiger partial charge in [-0.2, -0.15) is 11.8 Å². The summed E-state index contributed by atoms with van der Waals surface area (Å²) in [7, 11) is 0. The molecule has 2 atom stereocenters. The summed E-state index contributed by atoms with van der Waals surface area (Å²) in [6.07, 6.45) is 5.02. The summed E-state index contributed by atoms with van der Waals surface area (Å²) < 4.78 is 5.23. The Morgan fingerprint density at radius 2 is 1.96 bits per heavy atom. The van der Waals surface area contributed by atoms with Crippen LogP contribution in [0.4, 0.5) is 4.79 Å². The number of nitrogens with zero attached hydrogens (tertiary/aromatic N) is 1. The second-order valence-electron chi connectivity index (χ2n) is 6.03. The number of nitrogens with one attached hydrogen (secondary N) is 2. The van der Waals surface area contributed by atoms with E-state index in [9.17, 15) is 9.59 Å². The van der Waals surface area contributed by atoms with E-state index in [0.717, 1.165) is 12.2 Å². The second kappa shape index (κ2) is 10.0. The maximum atomic E-state index is 12.0. The first kappa shape index (κ1) is 18.4. The topological polar surface area (TPSA) is 70.7 Å². The van der Waals surface area contributed by atoms with Crippen LogP contribution in [0.5, 0.6) is 0 Å². The highest BCUT2D eigenvalue weighted by Gasteiger charge is 2.26. The Balaban J connectivity index is 1.64. The molecule has 1 heterocycles. The smallest absolute Gasteiger partial charge is 0.315 e. The van der Waals surface area contributed by atoms with Gasteiger partial charge in [0.1, 0.15) is 0 Å². The maximum absolute atomic E-state index is 12.0. The minimum absolute atomic E-state index is 0.0886. The summed E-state index contributed by atoms with van der Waals surface area (Å²) in [6, 6.07) is 0.108. The highest BCUT2D eigenvalue weighted by Crippen LogP contribution is 2.28. The number of carbonyl (C=O) groups excluding carboxylic acids is 2. The summed E-state index contributed by atoms with van der Waals surface area (Å²) in [5, 5.41) is 6.44. The number of ether oxygens (including phenoxy) is 1. The molecule has 6 nitrogen and oxygen atoms in total. The Morgan fingerprint density at radius 1 is 1.22 bits per heavy atom. The van der Waals surface area contributed by atoms with E-state index >= 15 is 0 Å². The number of hydrogen-bond donors (Lipinski definition) is 2. The molecule has 7 heteroatoms. The number of carbonyl (C=O) groups is 2. The number of thioether (sulfide) groups is 1. The van der Waals surface area contributed by atoms with Gasteiger partial charge in [-0.3, -0.25) is 4.79 Å². The van der Waals surface area contributed by atoms with E-state index in [1.807, 2.05) is 11.8 Å². The van der Waals surface area contributed by atoms with Crippen LogP contribution >= 0.6 is 11.8 Å². The molecule has 1 saturated heterocycles. The minimum Gasteiger partial charge on any atom is -0.378 e. The third-order valence-electron chi connectivity index (χ3n) is 4.39. The summed E-state index contributed by atoms with van der Waals surface area (Å²) in [4.78, 5) is 25.8. The zero-order valence-electron chi connectivity index (χ0n) is 14.0. The molecule has 0 aromatic carbocycles. The Labute approximate surface area is 143 Å². The Kier molecular flexibility index (Phi) is 8.02. The van der Waals surface area contributed by atoms with E-state index < -0.39 is 0 Å². The monoisotopic (exact) mass is 343 g/mol. The molecular weight excluding hydrogens is 314 g/mol. The van der Waals surface area contributed by atoms with Crippen molar-refractivity contribution in [3.63, 3.8) is 0 Å². The molecule has 2 rings (SSSR count). The van der Waals surface area contributed by atoms with Gasteiger partial charge >= 0.3 is 6.03 Å². The quantitative estimate of drug-likeness (QED) is 0.768. The van der Waals surface area contributed by atoms with Gasteiger partial charge in [-0.05, 0) is 18.6 Å². The molecule has 1 saturated carbocycles. The molecule has 23 heavy (non-hydrogen) atoms. The molecule has 2 N–H and O–H groups in total. The van der Waals surface area contributed by atoms with E-state index in [0.29, 0.717) is 44.5 Å². The molecule has 3 amide bonds. The fourth-order valence-electron chi connectivity index (χ4n) is 3.15. The van der Waals surface area contributed by atoms with Gasteiger partial charge in [0.05, 0.1) is 13.2 Å². The number of amides is 3. The fraction of sp³-hybridized carbons (Fsp3) is 0.875. The standard InChI is InChI=1S/C16H29N3O3S/c1-2-23-14-6-4-3-5-13(14)18-16(21)17-8-7-15(20)19-9-11-22-12-10-19/h13-14H,2-12H2,1H3,(H2,17,18,21)/t13-,14+/m0/s1. The molecule has 2 fully saturated rings. The first-order valence-electron chi connectivity index (χ1n) is 8.72. The van der Waals surface area contributed by atoms with Crippen molar-refractivity contribution < 1.29 is 14.3 Å². The zero-order valence-corrected chi connectivity index (χ0v) is 14.8. The van der Waals surface area contributed by atoms with Gasteiger partial charge in [0, 0.05) is 37.3 Å². The van der Waals surface area contributed by atoms with Crippen LogP contribution in [0.15, 0.2) is 0 Å². The van der Waals surface area contributed by atoms with Crippen molar-refractivity contribution in [1.29, 1.82) is 0 Å². The normalized spacial score (nSPS) is 25.0. The summed E-state index contributed by atoms with van der Waals surface area (Å²) in [6.45, 7) is 5.08. The van der Waals surface area contributed by atoms with Crippen molar-refractivity contribution in [3.8, 4) is 0 Å². The van der Waals surface area contributed by atoms with Gasteiger partial charge in [0.15, 0.2) is 0 Å². The lowest BCUT2D eigenvalue weighted by molar-refractivity contribution is -0.135. The maximum Gasteiger partial charge on any atom is 0.315 e. The highest BCUT2D eigenvalue weighted by molar-refractivity contribution is 7.99. The fourth-order valence-corrected chi connectivity index (χ4v) is 4.35.